The number of nitrogens with zero attached hydrogens (tertiary/aromatic N) is 3. The lowest BCUT2D eigenvalue weighted by atomic mass is 10.1. The van der Waals surface area contributed by atoms with E-state index < -0.39 is 0 Å². The largest absolute Gasteiger partial charge is 0.295 e. The van der Waals surface area contributed by atoms with Crippen molar-refractivity contribution in [1.82, 2.24) is 9.78 Å². The van der Waals surface area contributed by atoms with E-state index in [4.69, 9.17) is 0 Å². The Morgan fingerprint density at radius 1 is 0.897 bits per heavy atom. The van der Waals surface area contributed by atoms with Crippen molar-refractivity contribution < 1.29 is 4.79 Å². The molecular formula is C23H20N4O2. The van der Waals surface area contributed by atoms with Gasteiger partial charge in [-0.15, -0.1) is 0 Å². The van der Waals surface area contributed by atoms with Gasteiger partial charge in [-0.1, -0.05) is 42.5 Å². The number of amides is 1. The van der Waals surface area contributed by atoms with Crippen molar-refractivity contribution in [3.05, 3.63) is 100.0 Å². The van der Waals surface area contributed by atoms with Gasteiger partial charge in [-0.25, -0.2) is 4.68 Å². The summed E-state index contributed by atoms with van der Waals surface area (Å²) in [5.41, 5.74) is 3.78. The van der Waals surface area contributed by atoms with Gasteiger partial charge in [0.15, 0.2) is 0 Å². The van der Waals surface area contributed by atoms with Crippen LogP contribution in [0.4, 0.5) is 5.69 Å². The predicted octanol–water partition coefficient (Wildman–Crippen LogP) is 3.84. The molecule has 1 amide bonds. The van der Waals surface area contributed by atoms with E-state index in [1.807, 2.05) is 67.6 Å². The maximum atomic E-state index is 12.7. The summed E-state index contributed by atoms with van der Waals surface area (Å²) < 4.78 is 1.51. The molecule has 3 aromatic rings. The zero-order valence-electron chi connectivity index (χ0n) is 16.2. The van der Waals surface area contributed by atoms with Gasteiger partial charge in [-0.3, -0.25) is 14.7 Å². The van der Waals surface area contributed by atoms with Crippen LogP contribution in [0.15, 0.2) is 88.3 Å². The van der Waals surface area contributed by atoms with E-state index in [0.29, 0.717) is 16.8 Å². The molecule has 0 saturated heterocycles. The Balaban J connectivity index is 1.60. The van der Waals surface area contributed by atoms with Crippen molar-refractivity contribution >= 4 is 23.4 Å². The molecule has 0 saturated carbocycles. The van der Waals surface area contributed by atoms with E-state index in [2.05, 4.69) is 10.2 Å². The van der Waals surface area contributed by atoms with Crippen molar-refractivity contribution in [3.63, 3.8) is 0 Å². The molecule has 1 aliphatic rings. The Morgan fingerprint density at radius 2 is 1.52 bits per heavy atom. The highest BCUT2D eigenvalue weighted by Gasteiger charge is 2.27. The second-order valence-electron chi connectivity index (χ2n) is 6.70. The van der Waals surface area contributed by atoms with E-state index in [9.17, 15) is 9.59 Å². The van der Waals surface area contributed by atoms with E-state index in [1.165, 1.54) is 9.69 Å². The number of aromatic amines is 1. The minimum Gasteiger partial charge on any atom is -0.295 e. The monoisotopic (exact) mass is 384 g/mol. The van der Waals surface area contributed by atoms with Gasteiger partial charge in [-0.05, 0) is 50.3 Å². The lowest BCUT2D eigenvalue weighted by Crippen LogP contribution is -2.21. The number of nitrogens with one attached hydrogen (secondary N) is 1. The SMILES string of the molecule is CC1=NN(c2ccccc2)C(=O)/C1=C\C=C\c1c(C)[nH]n(-c2ccccc2)c1=O. The molecule has 29 heavy (non-hydrogen) atoms. The number of hydrogen-bond donors (Lipinski definition) is 1. The summed E-state index contributed by atoms with van der Waals surface area (Å²) >= 11 is 0. The van der Waals surface area contributed by atoms with Crippen LogP contribution in [0.25, 0.3) is 11.8 Å². The van der Waals surface area contributed by atoms with Gasteiger partial charge in [0.25, 0.3) is 11.5 Å². The van der Waals surface area contributed by atoms with E-state index in [1.54, 1.807) is 25.2 Å². The maximum Gasteiger partial charge on any atom is 0.280 e. The molecule has 144 valence electrons. The molecule has 2 heterocycles. The lowest BCUT2D eigenvalue weighted by molar-refractivity contribution is -0.114. The number of allylic oxidation sites excluding steroid dienone is 2. The number of hydrogen-bond acceptors (Lipinski definition) is 3. The molecule has 6 heteroatoms. The average molecular weight is 384 g/mol. The summed E-state index contributed by atoms with van der Waals surface area (Å²) in [5, 5.41) is 8.83. The van der Waals surface area contributed by atoms with Crippen LogP contribution in [0, 0.1) is 6.92 Å². The zero-order valence-corrected chi connectivity index (χ0v) is 16.2. The number of carbonyl (C=O) groups excluding carboxylic acids is 1. The van der Waals surface area contributed by atoms with Gasteiger partial charge in [0.1, 0.15) is 0 Å². The topological polar surface area (TPSA) is 70.5 Å². The number of benzene rings is 2. The van der Waals surface area contributed by atoms with Crippen LogP contribution >= 0.6 is 0 Å². The summed E-state index contributed by atoms with van der Waals surface area (Å²) in [4.78, 5) is 25.5. The van der Waals surface area contributed by atoms with Gasteiger partial charge < -0.3 is 0 Å². The number of rotatable bonds is 4. The number of anilines is 1. The average Bonchev–Trinajstić information content (AvgIpc) is 3.19. The first-order valence-electron chi connectivity index (χ1n) is 9.27. The number of hydrazone groups is 1. The minimum absolute atomic E-state index is 0.141. The van der Waals surface area contributed by atoms with Gasteiger partial charge in [-0.2, -0.15) is 10.1 Å². The van der Waals surface area contributed by atoms with Crippen molar-refractivity contribution in [2.75, 3.05) is 5.01 Å². The van der Waals surface area contributed by atoms with Crippen molar-refractivity contribution in [2.45, 2.75) is 13.8 Å². The van der Waals surface area contributed by atoms with E-state index in [0.717, 1.165) is 17.1 Å². The fraction of sp³-hybridized carbons (Fsp3) is 0.0870. The fourth-order valence-corrected chi connectivity index (χ4v) is 3.21. The van der Waals surface area contributed by atoms with Crippen LogP contribution in [0.5, 0.6) is 0 Å². The van der Waals surface area contributed by atoms with Gasteiger partial charge in [0.05, 0.1) is 28.2 Å². The number of carbonyl (C=O) groups is 1. The second kappa shape index (κ2) is 7.59. The molecule has 0 fully saturated rings. The first-order chi connectivity index (χ1) is 14.1. The Hall–Kier alpha value is -3.93. The number of aryl methyl sites for hydroxylation is 1. The Labute approximate surface area is 168 Å². The Morgan fingerprint density at radius 3 is 2.17 bits per heavy atom. The fourth-order valence-electron chi connectivity index (χ4n) is 3.21. The maximum absolute atomic E-state index is 12.7. The summed E-state index contributed by atoms with van der Waals surface area (Å²) in [7, 11) is 0. The molecule has 1 aliphatic heterocycles. The number of para-hydroxylation sites is 2. The van der Waals surface area contributed by atoms with E-state index in [-0.39, 0.29) is 11.5 Å². The first kappa shape index (κ1) is 18.4. The molecule has 0 atom stereocenters. The predicted molar refractivity (Wildman–Crippen MR) is 115 cm³/mol. The molecule has 0 spiro atoms. The smallest absolute Gasteiger partial charge is 0.280 e. The van der Waals surface area contributed by atoms with Crippen LogP contribution in [0.3, 0.4) is 0 Å². The lowest BCUT2D eigenvalue weighted by Gasteiger charge is -2.10. The molecule has 1 N–H and O–H groups in total. The van der Waals surface area contributed by atoms with Crippen LogP contribution in [0.2, 0.25) is 0 Å². The minimum atomic E-state index is -0.189. The van der Waals surface area contributed by atoms with Gasteiger partial charge >= 0.3 is 0 Å². The Kier molecular flexibility index (Phi) is 4.83. The highest BCUT2D eigenvalue weighted by atomic mass is 16.2. The molecule has 0 radical (unpaired) electrons. The van der Waals surface area contributed by atoms with Crippen LogP contribution in [-0.4, -0.2) is 21.4 Å². The molecule has 2 aromatic carbocycles. The van der Waals surface area contributed by atoms with Crippen LogP contribution in [-0.2, 0) is 4.79 Å². The highest BCUT2D eigenvalue weighted by Crippen LogP contribution is 2.23. The van der Waals surface area contributed by atoms with E-state index >= 15 is 0 Å². The van der Waals surface area contributed by atoms with Crippen molar-refractivity contribution in [3.8, 4) is 5.69 Å². The molecule has 1 aromatic heterocycles. The molecule has 0 aliphatic carbocycles. The summed E-state index contributed by atoms with van der Waals surface area (Å²) in [6.45, 7) is 3.64. The third kappa shape index (κ3) is 3.48. The Bertz CT molecular complexity index is 1200. The van der Waals surface area contributed by atoms with Crippen LogP contribution in [0.1, 0.15) is 18.2 Å². The summed E-state index contributed by atoms with van der Waals surface area (Å²) in [6.07, 6.45) is 5.13. The van der Waals surface area contributed by atoms with Crippen molar-refractivity contribution in [1.29, 1.82) is 0 Å². The third-order valence-electron chi connectivity index (χ3n) is 4.72. The summed E-state index contributed by atoms with van der Waals surface area (Å²) in [5.74, 6) is -0.189. The second-order valence-corrected chi connectivity index (χ2v) is 6.70. The first-order valence-corrected chi connectivity index (χ1v) is 9.27. The summed E-state index contributed by atoms with van der Waals surface area (Å²) in [6, 6.07) is 18.7. The number of H-pyrrole nitrogens is 1. The quantitative estimate of drug-likeness (QED) is 0.695. The highest BCUT2D eigenvalue weighted by molar-refractivity contribution is 6.29. The molecular weight excluding hydrogens is 364 g/mol. The van der Waals surface area contributed by atoms with Crippen molar-refractivity contribution in [2.24, 2.45) is 5.10 Å². The van der Waals surface area contributed by atoms with Gasteiger partial charge in [0, 0.05) is 5.69 Å². The number of aromatic nitrogens is 2. The molecule has 0 unspecified atom stereocenters. The zero-order chi connectivity index (χ0) is 20.4. The molecule has 0 bridgehead atoms. The standard InChI is InChI=1S/C23H20N4O2/c1-16-20(22(28)26(24-16)18-10-5-3-6-11-18)14-9-15-21-17(2)25-27(23(21)29)19-12-7-4-8-13-19/h3-15,24H,1-2H3/b14-9+,21-15-. The third-order valence-corrected chi connectivity index (χ3v) is 4.72. The van der Waals surface area contributed by atoms with Gasteiger partial charge in [0.2, 0.25) is 0 Å². The molecule has 6 nitrogen and oxygen atoms in total. The normalized spacial score (nSPS) is 15.5. The van der Waals surface area contributed by atoms with Crippen LogP contribution < -0.4 is 10.6 Å². The molecule has 4 rings (SSSR count).